The Morgan fingerprint density at radius 2 is 2.06 bits per heavy atom. The molecule has 2 N–H and O–H groups in total. The number of furan rings is 1. The van der Waals surface area contributed by atoms with Crippen molar-refractivity contribution in [3.8, 4) is 5.75 Å². The third-order valence-electron chi connectivity index (χ3n) is 2.34. The van der Waals surface area contributed by atoms with Crippen LogP contribution in [-0.2, 0) is 11.3 Å². The number of amides is 1. The van der Waals surface area contributed by atoms with E-state index in [0.29, 0.717) is 12.3 Å². The van der Waals surface area contributed by atoms with Gasteiger partial charge in [-0.2, -0.15) is 0 Å². The average Bonchev–Trinajstić information content (AvgIpc) is 2.89. The lowest BCUT2D eigenvalue weighted by molar-refractivity contribution is -0.116. The highest BCUT2D eigenvalue weighted by atomic mass is 16.3. The molecule has 0 saturated heterocycles. The Morgan fingerprint density at radius 3 is 2.72 bits per heavy atom. The van der Waals surface area contributed by atoms with Crippen LogP contribution < -0.4 is 5.32 Å². The molecule has 4 heteroatoms. The SMILES string of the molecule is O=C(/C=C/c1ccc(O)cc1)NCc1ccco1. The van der Waals surface area contributed by atoms with Gasteiger partial charge in [-0.15, -0.1) is 0 Å². The number of aromatic hydroxyl groups is 1. The molecule has 92 valence electrons. The van der Waals surface area contributed by atoms with Crippen molar-refractivity contribution in [3.63, 3.8) is 0 Å². The molecule has 0 aliphatic heterocycles. The maximum atomic E-state index is 11.5. The van der Waals surface area contributed by atoms with E-state index < -0.39 is 0 Å². The van der Waals surface area contributed by atoms with E-state index in [1.54, 1.807) is 48.7 Å². The first kappa shape index (κ1) is 12.0. The number of hydrogen-bond donors (Lipinski definition) is 2. The fraction of sp³-hybridized carbons (Fsp3) is 0.0714. The van der Waals surface area contributed by atoms with E-state index in [0.717, 1.165) is 5.56 Å². The predicted molar refractivity (Wildman–Crippen MR) is 67.7 cm³/mol. The first-order valence-electron chi connectivity index (χ1n) is 5.51. The van der Waals surface area contributed by atoms with Gasteiger partial charge >= 0.3 is 0 Å². The zero-order chi connectivity index (χ0) is 12.8. The molecule has 0 radical (unpaired) electrons. The van der Waals surface area contributed by atoms with Crippen molar-refractivity contribution in [1.29, 1.82) is 0 Å². The second-order valence-electron chi connectivity index (χ2n) is 3.72. The van der Waals surface area contributed by atoms with E-state index in [1.807, 2.05) is 0 Å². The summed E-state index contributed by atoms with van der Waals surface area (Å²) in [5.41, 5.74) is 0.848. The van der Waals surface area contributed by atoms with Gasteiger partial charge in [0.05, 0.1) is 12.8 Å². The van der Waals surface area contributed by atoms with Gasteiger partial charge in [0.15, 0.2) is 0 Å². The van der Waals surface area contributed by atoms with Crippen LogP contribution in [0.3, 0.4) is 0 Å². The van der Waals surface area contributed by atoms with Gasteiger partial charge in [0.1, 0.15) is 11.5 Å². The summed E-state index contributed by atoms with van der Waals surface area (Å²) in [5.74, 6) is 0.718. The van der Waals surface area contributed by atoms with Crippen molar-refractivity contribution in [1.82, 2.24) is 5.32 Å². The highest BCUT2D eigenvalue weighted by Crippen LogP contribution is 2.10. The first-order valence-corrected chi connectivity index (χ1v) is 5.51. The van der Waals surface area contributed by atoms with E-state index >= 15 is 0 Å². The van der Waals surface area contributed by atoms with E-state index in [1.165, 1.54) is 6.08 Å². The quantitative estimate of drug-likeness (QED) is 0.810. The number of carbonyl (C=O) groups excluding carboxylic acids is 1. The summed E-state index contributed by atoms with van der Waals surface area (Å²) < 4.78 is 5.09. The number of carbonyl (C=O) groups is 1. The van der Waals surface area contributed by atoms with Gasteiger partial charge < -0.3 is 14.8 Å². The highest BCUT2D eigenvalue weighted by Gasteiger charge is 1.98. The molecule has 0 atom stereocenters. The molecule has 18 heavy (non-hydrogen) atoms. The van der Waals surface area contributed by atoms with Gasteiger partial charge in [0, 0.05) is 6.08 Å². The van der Waals surface area contributed by atoms with Crippen LogP contribution in [0.15, 0.2) is 53.2 Å². The Bertz CT molecular complexity index is 527. The maximum absolute atomic E-state index is 11.5. The molecule has 2 rings (SSSR count). The molecule has 1 aromatic carbocycles. The van der Waals surface area contributed by atoms with E-state index in [-0.39, 0.29) is 11.7 Å². The molecule has 0 unspecified atom stereocenters. The van der Waals surface area contributed by atoms with E-state index in [4.69, 9.17) is 9.52 Å². The number of nitrogens with one attached hydrogen (secondary N) is 1. The summed E-state index contributed by atoms with van der Waals surface area (Å²) in [6.45, 7) is 0.367. The molecular weight excluding hydrogens is 230 g/mol. The minimum absolute atomic E-state index is 0.195. The number of hydrogen-bond acceptors (Lipinski definition) is 3. The normalized spacial score (nSPS) is 10.7. The maximum Gasteiger partial charge on any atom is 0.244 e. The van der Waals surface area contributed by atoms with Crippen LogP contribution in [0, 0.1) is 0 Å². The van der Waals surface area contributed by atoms with Crippen LogP contribution in [0.1, 0.15) is 11.3 Å². The van der Waals surface area contributed by atoms with E-state index in [2.05, 4.69) is 5.32 Å². The highest BCUT2D eigenvalue weighted by molar-refractivity contribution is 5.91. The summed E-state index contributed by atoms with van der Waals surface area (Å²) in [4.78, 5) is 11.5. The number of phenols is 1. The fourth-order valence-electron chi connectivity index (χ4n) is 1.40. The third-order valence-corrected chi connectivity index (χ3v) is 2.34. The fourth-order valence-corrected chi connectivity index (χ4v) is 1.40. The minimum Gasteiger partial charge on any atom is -0.508 e. The average molecular weight is 243 g/mol. The third kappa shape index (κ3) is 3.52. The number of rotatable bonds is 4. The van der Waals surface area contributed by atoms with Crippen LogP contribution in [0.5, 0.6) is 5.75 Å². The Labute approximate surface area is 105 Å². The molecular formula is C14H13NO3. The van der Waals surface area contributed by atoms with Gasteiger partial charge in [-0.05, 0) is 35.9 Å². The standard InChI is InChI=1S/C14H13NO3/c16-12-6-3-11(4-7-12)5-8-14(17)15-10-13-2-1-9-18-13/h1-9,16H,10H2,(H,15,17)/b8-5+. The summed E-state index contributed by atoms with van der Waals surface area (Å²) in [6.07, 6.45) is 4.68. The lowest BCUT2D eigenvalue weighted by Crippen LogP contribution is -2.19. The zero-order valence-electron chi connectivity index (χ0n) is 9.67. The Hall–Kier alpha value is -2.49. The van der Waals surface area contributed by atoms with Crippen molar-refractivity contribution < 1.29 is 14.3 Å². The second-order valence-corrected chi connectivity index (χ2v) is 3.72. The summed E-state index contributed by atoms with van der Waals surface area (Å²) in [7, 11) is 0. The molecule has 0 aliphatic carbocycles. The molecule has 0 spiro atoms. The van der Waals surface area contributed by atoms with Gasteiger partial charge in [-0.25, -0.2) is 0 Å². The molecule has 0 aliphatic rings. The monoisotopic (exact) mass is 243 g/mol. The summed E-state index contributed by atoms with van der Waals surface area (Å²) >= 11 is 0. The van der Waals surface area contributed by atoms with Crippen LogP contribution >= 0.6 is 0 Å². The molecule has 1 heterocycles. The lowest BCUT2D eigenvalue weighted by atomic mass is 10.2. The molecule has 0 fully saturated rings. The molecule has 1 amide bonds. The molecule has 0 bridgehead atoms. The topological polar surface area (TPSA) is 62.5 Å². The number of phenolic OH excluding ortho intramolecular Hbond substituents is 1. The summed E-state index contributed by atoms with van der Waals surface area (Å²) in [6, 6.07) is 10.2. The van der Waals surface area contributed by atoms with Crippen molar-refractivity contribution in [3.05, 3.63) is 60.1 Å². The summed E-state index contributed by atoms with van der Waals surface area (Å²) in [5, 5.41) is 11.8. The smallest absolute Gasteiger partial charge is 0.244 e. The number of benzene rings is 1. The predicted octanol–water partition coefficient (Wildman–Crippen LogP) is 2.31. The van der Waals surface area contributed by atoms with Crippen molar-refractivity contribution >= 4 is 12.0 Å². The largest absolute Gasteiger partial charge is 0.508 e. The van der Waals surface area contributed by atoms with Crippen molar-refractivity contribution in [2.75, 3.05) is 0 Å². The van der Waals surface area contributed by atoms with Crippen LogP contribution in [0.4, 0.5) is 0 Å². The first-order chi connectivity index (χ1) is 8.74. The van der Waals surface area contributed by atoms with Crippen LogP contribution in [0.25, 0.3) is 6.08 Å². The van der Waals surface area contributed by atoms with Crippen molar-refractivity contribution in [2.45, 2.75) is 6.54 Å². The Balaban J connectivity index is 1.85. The van der Waals surface area contributed by atoms with Crippen molar-refractivity contribution in [2.24, 2.45) is 0 Å². The zero-order valence-corrected chi connectivity index (χ0v) is 9.67. The second kappa shape index (κ2) is 5.72. The van der Waals surface area contributed by atoms with Gasteiger partial charge in [0.2, 0.25) is 5.91 Å². The molecule has 4 nitrogen and oxygen atoms in total. The Kier molecular flexibility index (Phi) is 3.81. The van der Waals surface area contributed by atoms with E-state index in [9.17, 15) is 4.79 Å². The molecule has 2 aromatic rings. The molecule has 0 saturated carbocycles. The lowest BCUT2D eigenvalue weighted by Gasteiger charge is -1.98. The van der Waals surface area contributed by atoms with Crippen LogP contribution in [-0.4, -0.2) is 11.0 Å². The van der Waals surface area contributed by atoms with Gasteiger partial charge in [-0.3, -0.25) is 4.79 Å². The van der Waals surface area contributed by atoms with Gasteiger partial charge in [-0.1, -0.05) is 12.1 Å². The van der Waals surface area contributed by atoms with Gasteiger partial charge in [0.25, 0.3) is 0 Å². The molecule has 1 aromatic heterocycles. The minimum atomic E-state index is -0.195. The van der Waals surface area contributed by atoms with Crippen LogP contribution in [0.2, 0.25) is 0 Å². The Morgan fingerprint density at radius 1 is 1.28 bits per heavy atom.